The molecule has 0 radical (unpaired) electrons. The summed E-state index contributed by atoms with van der Waals surface area (Å²) in [6.07, 6.45) is 4.61. The minimum Gasteiger partial charge on any atom is -0.314 e. The van der Waals surface area contributed by atoms with E-state index in [0.717, 1.165) is 36.6 Å². The lowest BCUT2D eigenvalue weighted by atomic mass is 9.95. The number of rotatable bonds is 7. The molecule has 3 rings (SSSR count). The summed E-state index contributed by atoms with van der Waals surface area (Å²) in [6.45, 7) is 2.12. The number of sulfonamides is 2. The average Bonchev–Trinajstić information content (AvgIpc) is 2.70. The monoisotopic (exact) mass is 493 g/mol. The van der Waals surface area contributed by atoms with Gasteiger partial charge in [0.2, 0.25) is 20.0 Å². The van der Waals surface area contributed by atoms with Gasteiger partial charge in [-0.15, -0.1) is 0 Å². The van der Waals surface area contributed by atoms with Crippen LogP contribution < -0.4 is 5.32 Å². The van der Waals surface area contributed by atoms with Crippen molar-refractivity contribution in [2.24, 2.45) is 0 Å². The maximum atomic E-state index is 13.3. The van der Waals surface area contributed by atoms with E-state index in [1.54, 1.807) is 24.3 Å². The molecule has 1 aromatic rings. The molecule has 7 nitrogen and oxygen atoms in total. The molecule has 10 heteroatoms. The van der Waals surface area contributed by atoms with E-state index >= 15 is 0 Å². The highest BCUT2D eigenvalue weighted by molar-refractivity contribution is 9.10. The van der Waals surface area contributed by atoms with Crippen LogP contribution in [0.1, 0.15) is 32.1 Å². The number of halogens is 1. The molecule has 2 fully saturated rings. The zero-order valence-electron chi connectivity index (χ0n) is 15.9. The van der Waals surface area contributed by atoms with Gasteiger partial charge in [0.05, 0.1) is 10.6 Å². The second kappa shape index (κ2) is 9.53. The molecular weight excluding hydrogens is 466 g/mol. The van der Waals surface area contributed by atoms with Crippen molar-refractivity contribution in [2.75, 3.05) is 38.5 Å². The van der Waals surface area contributed by atoms with E-state index in [0.29, 0.717) is 26.2 Å². The van der Waals surface area contributed by atoms with E-state index < -0.39 is 20.0 Å². The highest BCUT2D eigenvalue weighted by Gasteiger charge is 2.34. The lowest BCUT2D eigenvalue weighted by Gasteiger charge is -2.34. The Hall–Kier alpha value is -0.520. The van der Waals surface area contributed by atoms with E-state index in [1.807, 2.05) is 0 Å². The second-order valence-electron chi connectivity index (χ2n) is 7.33. The van der Waals surface area contributed by atoms with Gasteiger partial charge in [-0.25, -0.2) is 16.8 Å². The van der Waals surface area contributed by atoms with Gasteiger partial charge in [-0.3, -0.25) is 0 Å². The first-order valence-electron chi connectivity index (χ1n) is 9.77. The topological polar surface area (TPSA) is 86.8 Å². The summed E-state index contributed by atoms with van der Waals surface area (Å²) in [6, 6.07) is 6.40. The Balaban J connectivity index is 1.81. The van der Waals surface area contributed by atoms with Gasteiger partial charge in [-0.2, -0.15) is 8.61 Å². The van der Waals surface area contributed by atoms with E-state index in [1.165, 1.54) is 8.61 Å². The number of nitrogens with one attached hydrogen (secondary N) is 1. The SMILES string of the molecule is O=S(=O)(CCN(C1CCCCC1)S(=O)(=O)c1ccc(Br)cc1)N1CCNCC1. The third-order valence-electron chi connectivity index (χ3n) is 5.44. The number of hydrogen-bond acceptors (Lipinski definition) is 5. The van der Waals surface area contributed by atoms with Gasteiger partial charge in [-0.1, -0.05) is 35.2 Å². The number of hydrogen-bond donors (Lipinski definition) is 1. The molecule has 1 aliphatic carbocycles. The standard InChI is InChI=1S/C18H28BrN3O4S2/c19-16-6-8-18(9-7-16)28(25,26)22(17-4-2-1-3-5-17)14-15-27(23,24)21-12-10-20-11-13-21/h6-9,17,20H,1-5,10-15H2. The van der Waals surface area contributed by atoms with Crippen LogP contribution in [0, 0.1) is 0 Å². The van der Waals surface area contributed by atoms with Crippen molar-refractivity contribution >= 4 is 36.0 Å². The molecule has 1 N–H and O–H groups in total. The van der Waals surface area contributed by atoms with Gasteiger partial charge < -0.3 is 5.32 Å². The van der Waals surface area contributed by atoms with E-state index in [9.17, 15) is 16.8 Å². The summed E-state index contributed by atoms with van der Waals surface area (Å²) in [4.78, 5) is 0.209. The van der Waals surface area contributed by atoms with Crippen molar-refractivity contribution in [2.45, 2.75) is 43.0 Å². The first-order valence-corrected chi connectivity index (χ1v) is 13.6. The van der Waals surface area contributed by atoms with E-state index in [2.05, 4.69) is 21.2 Å². The number of nitrogens with zero attached hydrogens (tertiary/aromatic N) is 2. The minimum atomic E-state index is -3.75. The highest BCUT2D eigenvalue weighted by Crippen LogP contribution is 2.28. The Morgan fingerprint density at radius 3 is 2.21 bits per heavy atom. The average molecular weight is 494 g/mol. The van der Waals surface area contributed by atoms with Crippen molar-refractivity contribution in [1.29, 1.82) is 0 Å². The minimum absolute atomic E-state index is 0.00464. The van der Waals surface area contributed by atoms with Gasteiger partial charge in [0, 0.05) is 43.2 Å². The predicted molar refractivity (Wildman–Crippen MR) is 113 cm³/mol. The van der Waals surface area contributed by atoms with Gasteiger partial charge in [0.15, 0.2) is 0 Å². The first-order chi connectivity index (χ1) is 13.3. The van der Waals surface area contributed by atoms with Gasteiger partial charge in [0.25, 0.3) is 0 Å². The largest absolute Gasteiger partial charge is 0.314 e. The van der Waals surface area contributed by atoms with Crippen LogP contribution in [0.25, 0.3) is 0 Å². The molecule has 28 heavy (non-hydrogen) atoms. The fourth-order valence-electron chi connectivity index (χ4n) is 3.87. The molecule has 0 bridgehead atoms. The molecule has 0 aromatic heterocycles. The van der Waals surface area contributed by atoms with Crippen LogP contribution in [0.2, 0.25) is 0 Å². The zero-order valence-corrected chi connectivity index (χ0v) is 19.1. The smallest absolute Gasteiger partial charge is 0.243 e. The molecule has 1 heterocycles. The molecule has 158 valence electrons. The van der Waals surface area contributed by atoms with Crippen molar-refractivity contribution in [3.63, 3.8) is 0 Å². The zero-order chi connectivity index (χ0) is 20.2. The molecule has 0 amide bonds. The van der Waals surface area contributed by atoms with Crippen LogP contribution >= 0.6 is 15.9 Å². The molecular formula is C18H28BrN3O4S2. The van der Waals surface area contributed by atoms with Crippen molar-refractivity contribution in [3.05, 3.63) is 28.7 Å². The van der Waals surface area contributed by atoms with Crippen molar-refractivity contribution < 1.29 is 16.8 Å². The molecule has 1 aliphatic heterocycles. The summed E-state index contributed by atoms with van der Waals surface area (Å²) < 4.78 is 55.9. The Bertz CT molecular complexity index is 847. The molecule has 1 aromatic carbocycles. The van der Waals surface area contributed by atoms with E-state index in [-0.39, 0.29) is 23.2 Å². The van der Waals surface area contributed by atoms with Gasteiger partial charge in [0.1, 0.15) is 0 Å². The maximum absolute atomic E-state index is 13.3. The predicted octanol–water partition coefficient (Wildman–Crippen LogP) is 2.01. The van der Waals surface area contributed by atoms with Crippen LogP contribution in [0.4, 0.5) is 0 Å². The fraction of sp³-hybridized carbons (Fsp3) is 0.667. The van der Waals surface area contributed by atoms with Crippen LogP contribution in [-0.2, 0) is 20.0 Å². The summed E-state index contributed by atoms with van der Waals surface area (Å²) in [5.41, 5.74) is 0. The Labute approximate surface area is 176 Å². The molecule has 0 unspecified atom stereocenters. The third kappa shape index (κ3) is 5.34. The summed E-state index contributed by atoms with van der Waals surface area (Å²) in [5, 5.41) is 3.14. The lowest BCUT2D eigenvalue weighted by molar-refractivity contribution is 0.260. The van der Waals surface area contributed by atoms with Crippen LogP contribution in [-0.4, -0.2) is 70.0 Å². The number of piperazine rings is 1. The van der Waals surface area contributed by atoms with Crippen LogP contribution in [0.3, 0.4) is 0 Å². The fourth-order valence-corrected chi connectivity index (χ4v) is 7.36. The van der Waals surface area contributed by atoms with Crippen molar-refractivity contribution in [3.8, 4) is 0 Å². The summed E-state index contributed by atoms with van der Waals surface area (Å²) in [7, 11) is -7.24. The van der Waals surface area contributed by atoms with Crippen molar-refractivity contribution in [1.82, 2.24) is 13.9 Å². The first kappa shape index (κ1) is 22.2. The van der Waals surface area contributed by atoms with E-state index in [4.69, 9.17) is 0 Å². The molecule has 0 atom stereocenters. The Morgan fingerprint density at radius 2 is 1.61 bits per heavy atom. The van der Waals surface area contributed by atoms with Gasteiger partial charge in [-0.05, 0) is 37.1 Å². The molecule has 1 saturated heterocycles. The maximum Gasteiger partial charge on any atom is 0.243 e. The summed E-state index contributed by atoms with van der Waals surface area (Å²) >= 11 is 3.33. The normalized spacial score (nSPS) is 20.5. The molecule has 0 spiro atoms. The highest BCUT2D eigenvalue weighted by atomic mass is 79.9. The second-order valence-corrected chi connectivity index (χ2v) is 12.2. The molecule has 1 saturated carbocycles. The molecule has 2 aliphatic rings. The Morgan fingerprint density at radius 1 is 1.00 bits per heavy atom. The summed E-state index contributed by atoms with van der Waals surface area (Å²) in [5.74, 6) is -0.181. The third-order valence-corrected chi connectivity index (χ3v) is 9.79. The van der Waals surface area contributed by atoms with Crippen LogP contribution in [0.5, 0.6) is 0 Å². The van der Waals surface area contributed by atoms with Gasteiger partial charge >= 0.3 is 0 Å². The quantitative estimate of drug-likeness (QED) is 0.627. The lowest BCUT2D eigenvalue weighted by Crippen LogP contribution is -2.49. The van der Waals surface area contributed by atoms with Crippen LogP contribution in [0.15, 0.2) is 33.6 Å². The Kier molecular flexibility index (Phi) is 7.54. The number of benzene rings is 1.